The Kier molecular flexibility index (Phi) is 4.68. The number of carbonyl (C=O) groups excluding carboxylic acids is 2. The van der Waals surface area contributed by atoms with Crippen LogP contribution in [0.25, 0.3) is 0 Å². The maximum atomic E-state index is 12.7. The minimum absolute atomic E-state index is 0.0272. The molecule has 2 fully saturated rings. The first kappa shape index (κ1) is 15.3. The Balaban J connectivity index is 2.06. The van der Waals surface area contributed by atoms with Crippen LogP contribution in [-0.2, 0) is 14.3 Å². The zero-order valence-electron chi connectivity index (χ0n) is 12.8. The summed E-state index contributed by atoms with van der Waals surface area (Å²) in [5.74, 6) is 0.427. The molecule has 2 atom stereocenters. The molecule has 0 aromatic carbocycles. The molecule has 2 rings (SSSR count). The second-order valence-corrected chi connectivity index (χ2v) is 6.98. The van der Waals surface area contributed by atoms with Crippen LogP contribution in [0.5, 0.6) is 0 Å². The van der Waals surface area contributed by atoms with Crippen LogP contribution in [0.15, 0.2) is 0 Å². The highest BCUT2D eigenvalue weighted by atomic mass is 16.5. The minimum atomic E-state index is -0.429. The van der Waals surface area contributed by atoms with Gasteiger partial charge < -0.3 is 15.0 Å². The van der Waals surface area contributed by atoms with E-state index in [1.165, 1.54) is 0 Å². The van der Waals surface area contributed by atoms with Gasteiger partial charge in [-0.1, -0.05) is 20.8 Å². The minimum Gasteiger partial charge on any atom is -0.381 e. The van der Waals surface area contributed by atoms with Gasteiger partial charge in [-0.05, 0) is 24.2 Å². The van der Waals surface area contributed by atoms with Gasteiger partial charge in [0.05, 0.1) is 6.61 Å². The summed E-state index contributed by atoms with van der Waals surface area (Å²) in [7, 11) is 0. The number of hydrogen-bond donors (Lipinski definition) is 1. The third-order valence-electron chi connectivity index (χ3n) is 4.07. The fraction of sp³-hybridized carbons (Fsp3) is 0.867. The molecule has 2 amide bonds. The summed E-state index contributed by atoms with van der Waals surface area (Å²) in [5.41, 5.74) is -0.265. The molecule has 5 nitrogen and oxygen atoms in total. The van der Waals surface area contributed by atoms with Crippen LogP contribution in [0.4, 0.5) is 0 Å². The molecular formula is C15H26N2O3. The smallest absolute Gasteiger partial charge is 0.245 e. The Morgan fingerprint density at radius 1 is 1.35 bits per heavy atom. The molecule has 5 heteroatoms. The number of nitrogens with zero attached hydrogens (tertiary/aromatic N) is 1. The van der Waals surface area contributed by atoms with E-state index < -0.39 is 6.04 Å². The molecule has 0 spiro atoms. The lowest BCUT2D eigenvalue weighted by Gasteiger charge is -2.34. The van der Waals surface area contributed by atoms with Crippen LogP contribution in [-0.4, -0.2) is 49.1 Å². The van der Waals surface area contributed by atoms with Gasteiger partial charge in [-0.3, -0.25) is 9.59 Å². The van der Waals surface area contributed by atoms with Crippen molar-refractivity contribution in [3.05, 3.63) is 0 Å². The van der Waals surface area contributed by atoms with E-state index in [0.717, 1.165) is 26.1 Å². The van der Waals surface area contributed by atoms with E-state index in [4.69, 9.17) is 4.74 Å². The van der Waals surface area contributed by atoms with E-state index in [-0.39, 0.29) is 17.2 Å². The number of rotatable bonds is 2. The molecule has 0 aromatic heterocycles. The molecule has 2 aliphatic heterocycles. The Hall–Kier alpha value is -1.10. The number of carbonyl (C=O) groups is 2. The highest BCUT2D eigenvalue weighted by Gasteiger charge is 2.38. The maximum absolute atomic E-state index is 12.7. The van der Waals surface area contributed by atoms with Crippen LogP contribution in [0.1, 0.15) is 40.0 Å². The van der Waals surface area contributed by atoms with Crippen molar-refractivity contribution in [1.82, 2.24) is 10.2 Å². The first-order valence-corrected chi connectivity index (χ1v) is 7.54. The summed E-state index contributed by atoms with van der Waals surface area (Å²) in [4.78, 5) is 26.3. The second kappa shape index (κ2) is 6.12. The number of amides is 2. The van der Waals surface area contributed by atoms with Crippen LogP contribution in [0, 0.1) is 11.3 Å². The number of ether oxygens (including phenoxy) is 1. The molecule has 0 bridgehead atoms. The third-order valence-corrected chi connectivity index (χ3v) is 4.07. The molecule has 0 aliphatic carbocycles. The van der Waals surface area contributed by atoms with Crippen molar-refractivity contribution in [2.45, 2.75) is 46.1 Å². The van der Waals surface area contributed by atoms with Gasteiger partial charge in [-0.25, -0.2) is 0 Å². The van der Waals surface area contributed by atoms with Crippen LogP contribution < -0.4 is 5.32 Å². The summed E-state index contributed by atoms with van der Waals surface area (Å²) in [5, 5.41) is 2.87. The summed E-state index contributed by atoms with van der Waals surface area (Å²) in [6.07, 6.45) is 2.56. The van der Waals surface area contributed by atoms with E-state index >= 15 is 0 Å². The van der Waals surface area contributed by atoms with Gasteiger partial charge in [0, 0.05) is 26.1 Å². The Morgan fingerprint density at radius 3 is 2.70 bits per heavy atom. The van der Waals surface area contributed by atoms with E-state index in [0.29, 0.717) is 25.4 Å². The van der Waals surface area contributed by atoms with Gasteiger partial charge in [0.1, 0.15) is 6.04 Å². The van der Waals surface area contributed by atoms with Gasteiger partial charge in [-0.2, -0.15) is 0 Å². The summed E-state index contributed by atoms with van der Waals surface area (Å²) < 4.78 is 5.48. The van der Waals surface area contributed by atoms with Crippen molar-refractivity contribution in [3.8, 4) is 0 Å². The molecule has 0 saturated carbocycles. The van der Waals surface area contributed by atoms with Crippen LogP contribution >= 0.6 is 0 Å². The quantitative estimate of drug-likeness (QED) is 0.827. The lowest BCUT2D eigenvalue weighted by Crippen LogP contribution is -2.52. The van der Waals surface area contributed by atoms with Crippen molar-refractivity contribution in [2.75, 3.05) is 26.3 Å². The largest absolute Gasteiger partial charge is 0.381 e. The lowest BCUT2D eigenvalue weighted by atomic mass is 9.85. The summed E-state index contributed by atoms with van der Waals surface area (Å²) in [6.45, 7) is 8.75. The van der Waals surface area contributed by atoms with Gasteiger partial charge in [0.25, 0.3) is 0 Å². The number of nitrogens with one attached hydrogen (secondary N) is 1. The molecule has 2 saturated heterocycles. The molecule has 2 aliphatic rings. The summed E-state index contributed by atoms with van der Waals surface area (Å²) >= 11 is 0. The Labute approximate surface area is 121 Å². The molecule has 2 heterocycles. The van der Waals surface area contributed by atoms with Crippen LogP contribution in [0.2, 0.25) is 0 Å². The highest BCUT2D eigenvalue weighted by molar-refractivity contribution is 5.90. The zero-order chi connectivity index (χ0) is 14.8. The SMILES string of the molecule is CC(C)(C)C1NC(=O)CCN(CC2CCCOC2)C1=O. The molecule has 114 valence electrons. The normalized spacial score (nSPS) is 29.1. The molecule has 1 N–H and O–H groups in total. The molecule has 0 aromatic rings. The topological polar surface area (TPSA) is 58.6 Å². The molecule has 2 unspecified atom stereocenters. The summed E-state index contributed by atoms with van der Waals surface area (Å²) in [6, 6.07) is -0.429. The van der Waals surface area contributed by atoms with E-state index in [2.05, 4.69) is 5.32 Å². The second-order valence-electron chi connectivity index (χ2n) is 6.98. The van der Waals surface area contributed by atoms with E-state index in [1.54, 1.807) is 0 Å². The molecular weight excluding hydrogens is 256 g/mol. The molecule has 0 radical (unpaired) electrons. The monoisotopic (exact) mass is 282 g/mol. The van der Waals surface area contributed by atoms with Gasteiger partial charge in [0.2, 0.25) is 11.8 Å². The fourth-order valence-corrected chi connectivity index (χ4v) is 2.86. The van der Waals surface area contributed by atoms with Crippen molar-refractivity contribution in [3.63, 3.8) is 0 Å². The predicted molar refractivity (Wildman–Crippen MR) is 76.1 cm³/mol. The Morgan fingerprint density at radius 2 is 2.10 bits per heavy atom. The van der Waals surface area contributed by atoms with Crippen molar-refractivity contribution >= 4 is 11.8 Å². The van der Waals surface area contributed by atoms with Crippen LogP contribution in [0.3, 0.4) is 0 Å². The standard InChI is InChI=1S/C15H26N2O3/c1-15(2,3)13-14(19)17(7-6-12(18)16-13)9-11-5-4-8-20-10-11/h11,13H,4-10H2,1-3H3,(H,16,18). The zero-order valence-corrected chi connectivity index (χ0v) is 12.8. The van der Waals surface area contributed by atoms with Crippen molar-refractivity contribution < 1.29 is 14.3 Å². The van der Waals surface area contributed by atoms with E-state index in [1.807, 2.05) is 25.7 Å². The lowest BCUT2D eigenvalue weighted by molar-refractivity contribution is -0.137. The molecule has 20 heavy (non-hydrogen) atoms. The predicted octanol–water partition coefficient (Wildman–Crippen LogP) is 1.18. The van der Waals surface area contributed by atoms with Gasteiger partial charge in [-0.15, -0.1) is 0 Å². The highest BCUT2D eigenvalue weighted by Crippen LogP contribution is 2.24. The average molecular weight is 282 g/mol. The van der Waals surface area contributed by atoms with Crippen molar-refractivity contribution in [2.24, 2.45) is 11.3 Å². The van der Waals surface area contributed by atoms with Gasteiger partial charge >= 0.3 is 0 Å². The van der Waals surface area contributed by atoms with Crippen molar-refractivity contribution in [1.29, 1.82) is 0 Å². The first-order chi connectivity index (χ1) is 9.38. The van der Waals surface area contributed by atoms with Gasteiger partial charge in [0.15, 0.2) is 0 Å². The Bertz CT molecular complexity index is 370. The fourth-order valence-electron chi connectivity index (χ4n) is 2.86. The number of hydrogen-bond acceptors (Lipinski definition) is 3. The first-order valence-electron chi connectivity index (χ1n) is 7.54. The van der Waals surface area contributed by atoms with E-state index in [9.17, 15) is 9.59 Å². The maximum Gasteiger partial charge on any atom is 0.245 e. The third kappa shape index (κ3) is 3.72. The average Bonchev–Trinajstić information content (AvgIpc) is 2.52.